The van der Waals surface area contributed by atoms with E-state index in [0.29, 0.717) is 6.42 Å². The Kier molecular flexibility index (Phi) is 8.75. The van der Waals surface area contributed by atoms with E-state index in [-0.39, 0.29) is 6.42 Å². The molecular formula is C24H30N2O5. The SMILES string of the molecule is CN[C@@H](Cc1ccccc1)C(=O)OC(=O)[C@H](Cc1ccccc1)NC(=O)OC(C)(C)C. The highest BCUT2D eigenvalue weighted by Gasteiger charge is 2.30. The first-order chi connectivity index (χ1) is 14.7. The molecule has 7 nitrogen and oxygen atoms in total. The zero-order valence-electron chi connectivity index (χ0n) is 18.4. The zero-order valence-corrected chi connectivity index (χ0v) is 18.4. The Morgan fingerprint density at radius 2 is 1.26 bits per heavy atom. The molecule has 0 unspecified atom stereocenters. The summed E-state index contributed by atoms with van der Waals surface area (Å²) < 4.78 is 10.4. The molecule has 0 saturated carbocycles. The van der Waals surface area contributed by atoms with Gasteiger partial charge in [0.2, 0.25) is 0 Å². The second-order valence-corrected chi connectivity index (χ2v) is 8.16. The molecule has 2 aromatic rings. The fourth-order valence-electron chi connectivity index (χ4n) is 2.89. The Labute approximate surface area is 183 Å². The Bertz CT molecular complexity index is 863. The van der Waals surface area contributed by atoms with E-state index in [1.54, 1.807) is 27.8 Å². The second-order valence-electron chi connectivity index (χ2n) is 8.16. The lowest BCUT2D eigenvalue weighted by molar-refractivity contribution is -0.162. The highest BCUT2D eigenvalue weighted by Crippen LogP contribution is 2.10. The summed E-state index contributed by atoms with van der Waals surface area (Å²) in [6, 6.07) is 16.8. The Hall–Kier alpha value is -3.19. The maximum atomic E-state index is 12.8. The lowest BCUT2D eigenvalue weighted by Crippen LogP contribution is -2.48. The van der Waals surface area contributed by atoms with Gasteiger partial charge in [0.15, 0.2) is 0 Å². The maximum Gasteiger partial charge on any atom is 0.408 e. The summed E-state index contributed by atoms with van der Waals surface area (Å²) in [5, 5.41) is 5.40. The molecule has 0 fully saturated rings. The Balaban J connectivity index is 2.09. The molecule has 0 radical (unpaired) electrons. The Morgan fingerprint density at radius 3 is 1.71 bits per heavy atom. The predicted octanol–water partition coefficient (Wildman–Crippen LogP) is 3.02. The Morgan fingerprint density at radius 1 is 0.806 bits per heavy atom. The van der Waals surface area contributed by atoms with Crippen LogP contribution < -0.4 is 10.6 Å². The normalized spacial score (nSPS) is 13.0. The van der Waals surface area contributed by atoms with Crippen LogP contribution in [0.3, 0.4) is 0 Å². The van der Waals surface area contributed by atoms with Crippen molar-refractivity contribution < 1.29 is 23.9 Å². The van der Waals surface area contributed by atoms with Gasteiger partial charge in [-0.25, -0.2) is 14.4 Å². The van der Waals surface area contributed by atoms with Crippen LogP contribution in [0.5, 0.6) is 0 Å². The van der Waals surface area contributed by atoms with Crippen LogP contribution in [0.25, 0.3) is 0 Å². The smallest absolute Gasteiger partial charge is 0.408 e. The van der Waals surface area contributed by atoms with Crippen LogP contribution in [0, 0.1) is 0 Å². The summed E-state index contributed by atoms with van der Waals surface area (Å²) in [5.74, 6) is -1.55. The molecule has 2 aromatic carbocycles. The van der Waals surface area contributed by atoms with Gasteiger partial charge in [0.25, 0.3) is 0 Å². The van der Waals surface area contributed by atoms with Crippen LogP contribution in [0.1, 0.15) is 31.9 Å². The van der Waals surface area contributed by atoms with Gasteiger partial charge in [-0.1, -0.05) is 60.7 Å². The van der Waals surface area contributed by atoms with Crippen molar-refractivity contribution in [1.82, 2.24) is 10.6 Å². The second kappa shape index (κ2) is 11.3. The monoisotopic (exact) mass is 426 g/mol. The minimum absolute atomic E-state index is 0.162. The average molecular weight is 427 g/mol. The largest absolute Gasteiger partial charge is 0.444 e. The minimum Gasteiger partial charge on any atom is -0.444 e. The van der Waals surface area contributed by atoms with Crippen molar-refractivity contribution in [2.45, 2.75) is 51.3 Å². The predicted molar refractivity (Wildman–Crippen MR) is 117 cm³/mol. The molecule has 0 heterocycles. The van der Waals surface area contributed by atoms with Crippen molar-refractivity contribution in [3.63, 3.8) is 0 Å². The molecule has 0 saturated heterocycles. The van der Waals surface area contributed by atoms with Gasteiger partial charge in [-0.05, 0) is 45.4 Å². The topological polar surface area (TPSA) is 93.7 Å². The van der Waals surface area contributed by atoms with Crippen LogP contribution >= 0.6 is 0 Å². The molecule has 0 aliphatic rings. The molecule has 166 valence electrons. The van der Waals surface area contributed by atoms with E-state index < -0.39 is 35.7 Å². The van der Waals surface area contributed by atoms with Crippen molar-refractivity contribution in [3.05, 3.63) is 71.8 Å². The van der Waals surface area contributed by atoms with Gasteiger partial charge in [0.1, 0.15) is 17.7 Å². The number of rotatable bonds is 8. The third-order valence-electron chi connectivity index (χ3n) is 4.37. The lowest BCUT2D eigenvalue weighted by atomic mass is 10.1. The van der Waals surface area contributed by atoms with Crippen LogP contribution in [-0.4, -0.2) is 42.8 Å². The van der Waals surface area contributed by atoms with Crippen LogP contribution in [0.2, 0.25) is 0 Å². The van der Waals surface area contributed by atoms with Crippen LogP contribution in [0.4, 0.5) is 4.79 Å². The van der Waals surface area contributed by atoms with E-state index in [9.17, 15) is 14.4 Å². The summed E-state index contributed by atoms with van der Waals surface area (Å²) >= 11 is 0. The number of carbonyl (C=O) groups is 3. The number of ether oxygens (including phenoxy) is 2. The number of alkyl carbamates (subject to hydrolysis) is 1. The van der Waals surface area contributed by atoms with E-state index in [1.807, 2.05) is 60.7 Å². The van der Waals surface area contributed by atoms with Gasteiger partial charge in [-0.2, -0.15) is 0 Å². The minimum atomic E-state index is -1.07. The molecule has 1 amide bonds. The van der Waals surface area contributed by atoms with Crippen LogP contribution in [-0.2, 0) is 31.9 Å². The molecule has 2 atom stereocenters. The number of carbonyl (C=O) groups excluding carboxylic acids is 3. The first-order valence-corrected chi connectivity index (χ1v) is 10.2. The molecule has 31 heavy (non-hydrogen) atoms. The number of hydrogen-bond acceptors (Lipinski definition) is 6. The number of likely N-dealkylation sites (N-methyl/N-ethyl adjacent to an activating group) is 1. The fourth-order valence-corrected chi connectivity index (χ4v) is 2.89. The molecule has 2 rings (SSSR count). The van der Waals surface area contributed by atoms with Gasteiger partial charge in [0, 0.05) is 6.42 Å². The fraction of sp³-hybridized carbons (Fsp3) is 0.375. The number of hydrogen-bond donors (Lipinski definition) is 2. The van der Waals surface area contributed by atoms with Crippen molar-refractivity contribution in [3.8, 4) is 0 Å². The van der Waals surface area contributed by atoms with Crippen molar-refractivity contribution >= 4 is 18.0 Å². The third-order valence-corrected chi connectivity index (χ3v) is 4.37. The molecule has 2 N–H and O–H groups in total. The summed E-state index contributed by atoms with van der Waals surface area (Å²) in [4.78, 5) is 37.6. The highest BCUT2D eigenvalue weighted by atomic mass is 16.6. The van der Waals surface area contributed by atoms with Crippen LogP contribution in [0.15, 0.2) is 60.7 Å². The van der Waals surface area contributed by atoms with Gasteiger partial charge in [-0.15, -0.1) is 0 Å². The molecule has 0 spiro atoms. The lowest BCUT2D eigenvalue weighted by Gasteiger charge is -2.23. The van der Waals surface area contributed by atoms with E-state index in [2.05, 4.69) is 10.6 Å². The summed E-state index contributed by atoms with van der Waals surface area (Å²) in [5.41, 5.74) is 1.01. The average Bonchev–Trinajstić information content (AvgIpc) is 2.71. The first kappa shape index (κ1) is 24.1. The van der Waals surface area contributed by atoms with Gasteiger partial charge in [0.05, 0.1) is 0 Å². The van der Waals surface area contributed by atoms with Crippen molar-refractivity contribution in [2.24, 2.45) is 0 Å². The van der Waals surface area contributed by atoms with E-state index in [0.717, 1.165) is 11.1 Å². The highest BCUT2D eigenvalue weighted by molar-refractivity contribution is 5.92. The molecular weight excluding hydrogens is 396 g/mol. The van der Waals surface area contributed by atoms with Crippen molar-refractivity contribution in [2.75, 3.05) is 7.05 Å². The van der Waals surface area contributed by atoms with E-state index in [1.165, 1.54) is 0 Å². The molecule has 7 heteroatoms. The molecule has 0 aromatic heterocycles. The maximum absolute atomic E-state index is 12.8. The molecule has 0 aliphatic heterocycles. The first-order valence-electron chi connectivity index (χ1n) is 10.2. The molecule has 0 bridgehead atoms. The number of nitrogens with one attached hydrogen (secondary N) is 2. The zero-order chi connectivity index (χ0) is 22.9. The molecule has 0 aliphatic carbocycles. The van der Waals surface area contributed by atoms with Gasteiger partial charge >= 0.3 is 18.0 Å². The van der Waals surface area contributed by atoms with Gasteiger partial charge < -0.3 is 20.1 Å². The summed E-state index contributed by atoms with van der Waals surface area (Å²) in [6.45, 7) is 5.17. The number of amides is 1. The van der Waals surface area contributed by atoms with Gasteiger partial charge in [-0.3, -0.25) is 0 Å². The van der Waals surface area contributed by atoms with E-state index >= 15 is 0 Å². The van der Waals surface area contributed by atoms with Crippen molar-refractivity contribution in [1.29, 1.82) is 0 Å². The van der Waals surface area contributed by atoms with E-state index in [4.69, 9.17) is 9.47 Å². The summed E-state index contributed by atoms with van der Waals surface area (Å²) in [6.07, 6.45) is -0.228. The summed E-state index contributed by atoms with van der Waals surface area (Å²) in [7, 11) is 1.62. The number of esters is 2. The third kappa shape index (κ3) is 8.60. The standard InChI is InChI=1S/C24H30N2O5/c1-24(2,3)31-23(29)26-20(16-18-13-9-6-10-14-18)22(28)30-21(27)19(25-4)15-17-11-7-5-8-12-17/h5-14,19-20,25H,15-16H2,1-4H3,(H,26,29)/t19-,20-/m0/s1. The number of benzene rings is 2. The quantitative estimate of drug-likeness (QED) is 0.498.